The van der Waals surface area contributed by atoms with Gasteiger partial charge >= 0.3 is 0 Å². The van der Waals surface area contributed by atoms with E-state index in [-0.39, 0.29) is 24.2 Å². The Morgan fingerprint density at radius 3 is 2.70 bits per heavy atom. The van der Waals surface area contributed by atoms with E-state index >= 15 is 0 Å². The maximum atomic E-state index is 12.6. The van der Waals surface area contributed by atoms with Gasteiger partial charge in [0.15, 0.2) is 17.4 Å². The Kier molecular flexibility index (Phi) is 5.24. The van der Waals surface area contributed by atoms with E-state index in [1.165, 1.54) is 0 Å². The van der Waals surface area contributed by atoms with E-state index in [9.17, 15) is 14.7 Å². The van der Waals surface area contributed by atoms with Crippen molar-refractivity contribution in [2.75, 3.05) is 18.1 Å². The highest BCUT2D eigenvalue weighted by atomic mass is 16.5. The molecule has 0 aliphatic carbocycles. The summed E-state index contributed by atoms with van der Waals surface area (Å²) in [5, 5.41) is 14.4. The summed E-state index contributed by atoms with van der Waals surface area (Å²) in [6.45, 7) is 7.66. The summed E-state index contributed by atoms with van der Waals surface area (Å²) < 4.78 is 7.45. The normalized spacial score (nSPS) is 15.6. The molecule has 0 radical (unpaired) electrons. The number of aromatic nitrogens is 2. The zero-order valence-corrected chi connectivity index (χ0v) is 16.4. The van der Waals surface area contributed by atoms with Crippen LogP contribution in [0.5, 0.6) is 5.75 Å². The average Bonchev–Trinajstić information content (AvgIpc) is 3.02. The standard InChI is InChI=1S/C20H27N3O4/c1-13(2)18(25)14-11-21-23-15(14)8-9-16(27-12-20(3,4)26)19(23)22-10-6-5-7-17(22)24/h8-9,11,13,26H,5-7,10,12H2,1-4H3. The molecule has 1 N–H and O–H groups in total. The average molecular weight is 373 g/mol. The second-order valence-electron chi connectivity index (χ2n) is 8.00. The first-order valence-electron chi connectivity index (χ1n) is 9.39. The minimum absolute atomic E-state index is 0.00563. The molecule has 146 valence electrons. The summed E-state index contributed by atoms with van der Waals surface area (Å²) in [7, 11) is 0. The fourth-order valence-corrected chi connectivity index (χ4v) is 3.17. The number of anilines is 1. The Morgan fingerprint density at radius 1 is 1.33 bits per heavy atom. The summed E-state index contributed by atoms with van der Waals surface area (Å²) in [4.78, 5) is 26.7. The van der Waals surface area contributed by atoms with Gasteiger partial charge in [0.2, 0.25) is 5.91 Å². The Morgan fingerprint density at radius 2 is 2.07 bits per heavy atom. The molecule has 0 saturated carbocycles. The molecule has 2 aromatic rings. The summed E-state index contributed by atoms with van der Waals surface area (Å²) in [6, 6.07) is 3.53. The largest absolute Gasteiger partial charge is 0.487 e. The van der Waals surface area contributed by atoms with Gasteiger partial charge in [0.1, 0.15) is 6.61 Å². The molecule has 1 saturated heterocycles. The number of fused-ring (bicyclic) bond motifs is 1. The fraction of sp³-hybridized carbons (Fsp3) is 0.550. The zero-order valence-electron chi connectivity index (χ0n) is 16.4. The van der Waals surface area contributed by atoms with Gasteiger partial charge in [-0.05, 0) is 38.8 Å². The lowest BCUT2D eigenvalue weighted by Crippen LogP contribution is -2.37. The Balaban J connectivity index is 2.12. The van der Waals surface area contributed by atoms with Crippen LogP contribution in [0.25, 0.3) is 5.52 Å². The number of Topliss-reactive ketones (excluding diaryl/α,β-unsaturated/α-hetero) is 1. The van der Waals surface area contributed by atoms with Crippen LogP contribution in [0, 0.1) is 5.92 Å². The van der Waals surface area contributed by atoms with Crippen molar-refractivity contribution in [3.05, 3.63) is 23.9 Å². The van der Waals surface area contributed by atoms with Crippen LogP contribution in [-0.4, -0.2) is 45.2 Å². The van der Waals surface area contributed by atoms with Gasteiger partial charge in [-0.2, -0.15) is 5.10 Å². The summed E-state index contributed by atoms with van der Waals surface area (Å²) in [5.41, 5.74) is 0.170. The number of piperidine rings is 1. The molecule has 0 bridgehead atoms. The lowest BCUT2D eigenvalue weighted by Gasteiger charge is -2.29. The first-order valence-corrected chi connectivity index (χ1v) is 9.39. The molecule has 0 unspecified atom stereocenters. The molecule has 3 heterocycles. The fourth-order valence-electron chi connectivity index (χ4n) is 3.17. The molecule has 0 aromatic carbocycles. The molecule has 7 nitrogen and oxygen atoms in total. The number of carbonyl (C=O) groups excluding carboxylic acids is 2. The van der Waals surface area contributed by atoms with Crippen LogP contribution in [0.1, 0.15) is 57.3 Å². The van der Waals surface area contributed by atoms with E-state index in [4.69, 9.17) is 4.74 Å². The molecular formula is C20H27N3O4. The van der Waals surface area contributed by atoms with E-state index in [1.54, 1.807) is 41.6 Å². The van der Waals surface area contributed by atoms with Crippen molar-refractivity contribution in [3.63, 3.8) is 0 Å². The smallest absolute Gasteiger partial charge is 0.228 e. The van der Waals surface area contributed by atoms with E-state index in [0.717, 1.165) is 12.8 Å². The van der Waals surface area contributed by atoms with Crippen molar-refractivity contribution in [2.24, 2.45) is 5.92 Å². The molecule has 0 atom stereocenters. The van der Waals surface area contributed by atoms with Crippen molar-refractivity contribution < 1.29 is 19.4 Å². The molecular weight excluding hydrogens is 346 g/mol. The third-order valence-electron chi connectivity index (χ3n) is 4.57. The van der Waals surface area contributed by atoms with Gasteiger partial charge in [0.25, 0.3) is 0 Å². The van der Waals surface area contributed by atoms with Crippen LogP contribution < -0.4 is 9.64 Å². The predicted octanol–water partition coefficient (Wildman–Crippen LogP) is 2.84. The Labute approximate surface area is 158 Å². The van der Waals surface area contributed by atoms with Crippen molar-refractivity contribution in [1.82, 2.24) is 9.61 Å². The maximum absolute atomic E-state index is 12.6. The number of aliphatic hydroxyl groups is 1. The molecule has 1 amide bonds. The summed E-state index contributed by atoms with van der Waals surface area (Å²) in [6.07, 6.45) is 3.78. The monoisotopic (exact) mass is 373 g/mol. The first kappa shape index (κ1) is 19.4. The highest BCUT2D eigenvalue weighted by molar-refractivity contribution is 6.04. The predicted molar refractivity (Wildman–Crippen MR) is 102 cm³/mol. The molecule has 27 heavy (non-hydrogen) atoms. The first-order chi connectivity index (χ1) is 12.7. The number of nitrogens with zero attached hydrogens (tertiary/aromatic N) is 3. The van der Waals surface area contributed by atoms with Crippen molar-refractivity contribution in [3.8, 4) is 5.75 Å². The van der Waals surface area contributed by atoms with Crippen LogP contribution in [0.2, 0.25) is 0 Å². The van der Waals surface area contributed by atoms with E-state index in [0.29, 0.717) is 35.6 Å². The molecule has 1 aliphatic rings. The third-order valence-corrected chi connectivity index (χ3v) is 4.57. The van der Waals surface area contributed by atoms with Gasteiger partial charge in [0, 0.05) is 18.9 Å². The lowest BCUT2D eigenvalue weighted by atomic mass is 10.0. The van der Waals surface area contributed by atoms with Gasteiger partial charge < -0.3 is 9.84 Å². The van der Waals surface area contributed by atoms with Gasteiger partial charge in [-0.15, -0.1) is 0 Å². The molecule has 2 aromatic heterocycles. The number of ether oxygens (including phenoxy) is 1. The van der Waals surface area contributed by atoms with Gasteiger partial charge in [-0.3, -0.25) is 14.5 Å². The number of rotatable bonds is 6. The van der Waals surface area contributed by atoms with Crippen LogP contribution in [0.15, 0.2) is 18.3 Å². The number of ketones is 1. The number of amides is 1. The molecule has 1 fully saturated rings. The second-order valence-corrected chi connectivity index (χ2v) is 8.00. The summed E-state index contributed by atoms with van der Waals surface area (Å²) >= 11 is 0. The number of hydrogen-bond acceptors (Lipinski definition) is 5. The summed E-state index contributed by atoms with van der Waals surface area (Å²) in [5.74, 6) is 0.847. The van der Waals surface area contributed by atoms with Crippen molar-refractivity contribution in [1.29, 1.82) is 0 Å². The van der Waals surface area contributed by atoms with Crippen LogP contribution in [0.3, 0.4) is 0 Å². The number of carbonyl (C=O) groups is 2. The highest BCUT2D eigenvalue weighted by Crippen LogP contribution is 2.34. The second kappa shape index (κ2) is 7.31. The SMILES string of the molecule is CC(C)C(=O)c1cnn2c(N3CCCCC3=O)c(OCC(C)(C)O)ccc12. The topological polar surface area (TPSA) is 84.1 Å². The molecule has 1 aliphatic heterocycles. The molecule has 0 spiro atoms. The van der Waals surface area contributed by atoms with Crippen LogP contribution >= 0.6 is 0 Å². The molecule has 7 heteroatoms. The Hall–Kier alpha value is -2.41. The van der Waals surface area contributed by atoms with Gasteiger partial charge in [0.05, 0.1) is 22.9 Å². The van der Waals surface area contributed by atoms with Gasteiger partial charge in [-0.25, -0.2) is 4.52 Å². The molecule has 3 rings (SSSR count). The number of hydrogen-bond donors (Lipinski definition) is 1. The quantitative estimate of drug-likeness (QED) is 0.787. The lowest BCUT2D eigenvalue weighted by molar-refractivity contribution is -0.119. The maximum Gasteiger partial charge on any atom is 0.228 e. The highest BCUT2D eigenvalue weighted by Gasteiger charge is 2.28. The van der Waals surface area contributed by atoms with E-state index in [2.05, 4.69) is 5.10 Å². The van der Waals surface area contributed by atoms with E-state index < -0.39 is 5.60 Å². The van der Waals surface area contributed by atoms with Crippen LogP contribution in [-0.2, 0) is 4.79 Å². The minimum Gasteiger partial charge on any atom is -0.487 e. The van der Waals surface area contributed by atoms with Crippen molar-refractivity contribution >= 4 is 23.0 Å². The zero-order chi connectivity index (χ0) is 19.8. The minimum atomic E-state index is -1.01. The Bertz CT molecular complexity index is 864. The number of pyridine rings is 1. The van der Waals surface area contributed by atoms with E-state index in [1.807, 2.05) is 13.8 Å². The van der Waals surface area contributed by atoms with Gasteiger partial charge in [-0.1, -0.05) is 13.8 Å². The van der Waals surface area contributed by atoms with Crippen LogP contribution in [0.4, 0.5) is 5.82 Å². The third kappa shape index (κ3) is 3.98. The van der Waals surface area contributed by atoms with Crippen molar-refractivity contribution in [2.45, 2.75) is 52.6 Å².